The number of rotatable bonds is 14. The van der Waals surface area contributed by atoms with Gasteiger partial charge in [0.2, 0.25) is 5.75 Å². The van der Waals surface area contributed by atoms with Gasteiger partial charge in [-0.05, 0) is 59.9 Å². The number of ether oxygens (including phenoxy) is 4. The van der Waals surface area contributed by atoms with Gasteiger partial charge >= 0.3 is 6.36 Å². The molecule has 1 aliphatic heterocycles. The summed E-state index contributed by atoms with van der Waals surface area (Å²) in [7, 11) is 0. The van der Waals surface area contributed by atoms with E-state index in [-0.39, 0.29) is 30.8 Å². The number of aryl methyl sites for hydroxylation is 3. The van der Waals surface area contributed by atoms with Gasteiger partial charge in [0.1, 0.15) is 11.9 Å². The highest BCUT2D eigenvalue weighted by molar-refractivity contribution is 5.84. The topological polar surface area (TPSA) is 36.9 Å². The first-order valence-electron chi connectivity index (χ1n) is 14.4. The van der Waals surface area contributed by atoms with Gasteiger partial charge in [0.25, 0.3) is 0 Å². The summed E-state index contributed by atoms with van der Waals surface area (Å²) < 4.78 is 101. The van der Waals surface area contributed by atoms with Crippen molar-refractivity contribution in [3.05, 3.63) is 76.6 Å². The number of unbranched alkanes of at least 4 members (excludes halogenated alkanes) is 4. The lowest BCUT2D eigenvalue weighted by atomic mass is 9.98. The molecule has 3 aromatic carbocycles. The summed E-state index contributed by atoms with van der Waals surface area (Å²) in [6.45, 7) is 3.90. The van der Waals surface area contributed by atoms with Gasteiger partial charge in [0.05, 0.1) is 13.2 Å². The Morgan fingerprint density at radius 1 is 0.810 bits per heavy atom. The Morgan fingerprint density at radius 3 is 2.21 bits per heavy atom. The Hall–Kier alpha value is -2.82. The van der Waals surface area contributed by atoms with Crippen molar-refractivity contribution >= 4 is 10.8 Å². The van der Waals surface area contributed by atoms with E-state index in [9.17, 15) is 22.0 Å². The molecule has 0 amide bonds. The van der Waals surface area contributed by atoms with Gasteiger partial charge in [-0.25, -0.2) is 13.2 Å². The van der Waals surface area contributed by atoms with Crippen LogP contribution in [0.5, 0.6) is 5.75 Å². The van der Waals surface area contributed by atoms with E-state index in [0.29, 0.717) is 49.0 Å². The SMILES string of the molecule is CCCCCCCOC1COC(CCc2ccc3c(F)c(CCc4cc(F)c(OC(F)(F)F)c(F)c4)ccc3c2)OC1. The molecule has 42 heavy (non-hydrogen) atoms. The summed E-state index contributed by atoms with van der Waals surface area (Å²) in [5.41, 5.74) is 1.41. The first kappa shape index (κ1) is 32.1. The Labute approximate surface area is 241 Å². The second-order valence-electron chi connectivity index (χ2n) is 10.6. The summed E-state index contributed by atoms with van der Waals surface area (Å²) in [5.74, 6) is -4.91. The van der Waals surface area contributed by atoms with Crippen molar-refractivity contribution in [1.82, 2.24) is 0 Å². The molecule has 0 unspecified atom stereocenters. The van der Waals surface area contributed by atoms with E-state index in [2.05, 4.69) is 11.7 Å². The van der Waals surface area contributed by atoms with Crippen LogP contribution in [0.4, 0.5) is 26.3 Å². The Morgan fingerprint density at radius 2 is 1.52 bits per heavy atom. The number of fused-ring (bicyclic) bond motifs is 1. The van der Waals surface area contributed by atoms with Crippen molar-refractivity contribution in [1.29, 1.82) is 0 Å². The fourth-order valence-electron chi connectivity index (χ4n) is 5.01. The fraction of sp³-hybridized carbons (Fsp3) is 0.500. The van der Waals surface area contributed by atoms with Crippen LogP contribution >= 0.6 is 0 Å². The standard InChI is InChI=1S/C32H36F6O4/c1-2-3-4-5-6-15-39-25-19-40-29(41-20-25)14-9-21-8-13-26-24(16-21)12-11-23(30(26)35)10-7-22-17-27(33)31(28(34)18-22)42-32(36,37)38/h8,11-13,16-18,25,29H,2-7,9-10,14-15,19-20H2,1H3. The number of halogens is 6. The predicted molar refractivity (Wildman–Crippen MR) is 147 cm³/mol. The van der Waals surface area contributed by atoms with E-state index in [4.69, 9.17) is 14.2 Å². The Kier molecular flexibility index (Phi) is 11.5. The van der Waals surface area contributed by atoms with Crippen molar-refractivity contribution in [3.8, 4) is 5.75 Å². The van der Waals surface area contributed by atoms with Crippen LogP contribution in [0.3, 0.4) is 0 Å². The molecular weight excluding hydrogens is 562 g/mol. The molecule has 0 spiro atoms. The summed E-state index contributed by atoms with van der Waals surface area (Å²) in [6.07, 6.45) is 1.77. The number of hydrogen-bond donors (Lipinski definition) is 0. The molecule has 4 nitrogen and oxygen atoms in total. The second-order valence-corrected chi connectivity index (χ2v) is 10.6. The first-order chi connectivity index (χ1) is 20.1. The largest absolute Gasteiger partial charge is 0.573 e. The zero-order valence-corrected chi connectivity index (χ0v) is 23.6. The second kappa shape index (κ2) is 15.1. The lowest BCUT2D eigenvalue weighted by molar-refractivity contribution is -0.276. The molecule has 0 aromatic heterocycles. The minimum Gasteiger partial charge on any atom is -0.399 e. The van der Waals surface area contributed by atoms with E-state index < -0.39 is 29.6 Å². The minimum atomic E-state index is -5.22. The van der Waals surface area contributed by atoms with E-state index in [1.54, 1.807) is 18.2 Å². The van der Waals surface area contributed by atoms with Crippen molar-refractivity contribution in [2.45, 2.75) is 83.5 Å². The zero-order chi connectivity index (χ0) is 30.1. The molecule has 1 fully saturated rings. The van der Waals surface area contributed by atoms with Crippen LogP contribution in [-0.4, -0.2) is 38.6 Å². The molecule has 0 radical (unpaired) electrons. The van der Waals surface area contributed by atoms with Gasteiger partial charge in [0.15, 0.2) is 17.9 Å². The normalized spacial score (nSPS) is 17.6. The van der Waals surface area contributed by atoms with Crippen LogP contribution in [-0.2, 0) is 33.5 Å². The van der Waals surface area contributed by atoms with Gasteiger partial charge in [-0.2, -0.15) is 0 Å². The maximum atomic E-state index is 15.2. The van der Waals surface area contributed by atoms with Gasteiger partial charge in [-0.3, -0.25) is 0 Å². The number of hydrogen-bond acceptors (Lipinski definition) is 4. The third kappa shape index (κ3) is 9.34. The summed E-state index contributed by atoms with van der Waals surface area (Å²) >= 11 is 0. The molecule has 1 heterocycles. The van der Waals surface area contributed by atoms with Gasteiger partial charge in [-0.15, -0.1) is 13.2 Å². The number of benzene rings is 3. The maximum Gasteiger partial charge on any atom is 0.573 e. The first-order valence-corrected chi connectivity index (χ1v) is 14.4. The lowest BCUT2D eigenvalue weighted by Crippen LogP contribution is -2.37. The summed E-state index contributed by atoms with van der Waals surface area (Å²) in [6, 6.07) is 10.3. The monoisotopic (exact) mass is 598 g/mol. The highest BCUT2D eigenvalue weighted by atomic mass is 19.4. The van der Waals surface area contributed by atoms with Crippen molar-refractivity contribution < 1.29 is 45.3 Å². The molecule has 0 bridgehead atoms. The van der Waals surface area contributed by atoms with E-state index in [1.165, 1.54) is 25.7 Å². The third-order valence-electron chi connectivity index (χ3n) is 7.26. The zero-order valence-electron chi connectivity index (χ0n) is 23.6. The lowest BCUT2D eigenvalue weighted by Gasteiger charge is -2.29. The van der Waals surface area contributed by atoms with Gasteiger partial charge < -0.3 is 18.9 Å². The van der Waals surface area contributed by atoms with Gasteiger partial charge in [0, 0.05) is 18.4 Å². The molecule has 3 aromatic rings. The van der Waals surface area contributed by atoms with Crippen LogP contribution in [0, 0.1) is 17.5 Å². The molecule has 4 rings (SSSR count). The smallest absolute Gasteiger partial charge is 0.399 e. The third-order valence-corrected chi connectivity index (χ3v) is 7.26. The molecule has 10 heteroatoms. The van der Waals surface area contributed by atoms with Crippen molar-refractivity contribution in [3.63, 3.8) is 0 Å². The van der Waals surface area contributed by atoms with E-state index in [1.807, 2.05) is 12.1 Å². The molecular formula is C32H36F6O4. The average Bonchev–Trinajstić information content (AvgIpc) is 2.95. The number of alkyl halides is 3. The Balaban J connectivity index is 1.26. The van der Waals surface area contributed by atoms with Crippen LogP contribution in [0.25, 0.3) is 10.8 Å². The van der Waals surface area contributed by atoms with Gasteiger partial charge in [-0.1, -0.05) is 62.9 Å². The van der Waals surface area contributed by atoms with E-state index >= 15 is 4.39 Å². The molecule has 230 valence electrons. The van der Waals surface area contributed by atoms with Crippen molar-refractivity contribution in [2.75, 3.05) is 19.8 Å². The molecule has 0 N–H and O–H groups in total. The van der Waals surface area contributed by atoms with Crippen LogP contribution < -0.4 is 4.74 Å². The quantitative estimate of drug-likeness (QED) is 0.138. The van der Waals surface area contributed by atoms with Crippen LogP contribution in [0.15, 0.2) is 42.5 Å². The molecule has 1 aliphatic rings. The maximum absolute atomic E-state index is 15.2. The highest BCUT2D eigenvalue weighted by Crippen LogP contribution is 2.30. The van der Waals surface area contributed by atoms with Crippen molar-refractivity contribution in [2.24, 2.45) is 0 Å². The van der Waals surface area contributed by atoms with E-state index in [0.717, 1.165) is 24.1 Å². The average molecular weight is 599 g/mol. The highest BCUT2D eigenvalue weighted by Gasteiger charge is 2.34. The molecule has 1 saturated heterocycles. The van der Waals surface area contributed by atoms with Crippen LogP contribution in [0.1, 0.15) is 62.1 Å². The molecule has 0 saturated carbocycles. The van der Waals surface area contributed by atoms with Crippen LogP contribution in [0.2, 0.25) is 0 Å². The molecule has 0 aliphatic carbocycles. The molecule has 0 atom stereocenters. The fourth-order valence-corrected chi connectivity index (χ4v) is 5.01. The minimum absolute atomic E-state index is 0.0207. The Bertz CT molecular complexity index is 1280. The predicted octanol–water partition coefficient (Wildman–Crippen LogP) is 8.60. The summed E-state index contributed by atoms with van der Waals surface area (Å²) in [5, 5.41) is 1.11. The summed E-state index contributed by atoms with van der Waals surface area (Å²) in [4.78, 5) is 0.